The number of nitrogens with zero attached hydrogens (tertiary/aromatic N) is 1. The average Bonchev–Trinajstić information content (AvgIpc) is 2.74. The summed E-state index contributed by atoms with van der Waals surface area (Å²) in [6.45, 7) is 4.07. The first-order chi connectivity index (χ1) is 12.0. The molecule has 6 heteroatoms. The van der Waals surface area contributed by atoms with Crippen LogP contribution in [0.15, 0.2) is 24.3 Å². The molecule has 0 saturated carbocycles. The van der Waals surface area contributed by atoms with Crippen LogP contribution in [0.1, 0.15) is 49.9 Å². The SMILES string of the molecule is CCOC(=O)[C@@H](C)N1CC[C@@]2(CCC1=O)CC(=O)c1ccccc1O2. The van der Waals surface area contributed by atoms with Gasteiger partial charge in [-0.25, -0.2) is 4.79 Å². The topological polar surface area (TPSA) is 72.9 Å². The third kappa shape index (κ3) is 3.38. The van der Waals surface area contributed by atoms with E-state index in [0.29, 0.717) is 30.7 Å². The van der Waals surface area contributed by atoms with Crippen LogP contribution in [0.4, 0.5) is 0 Å². The van der Waals surface area contributed by atoms with Crippen molar-refractivity contribution in [2.24, 2.45) is 0 Å². The highest BCUT2D eigenvalue weighted by atomic mass is 16.5. The van der Waals surface area contributed by atoms with Crippen LogP contribution in [0.25, 0.3) is 0 Å². The van der Waals surface area contributed by atoms with Crippen molar-refractivity contribution < 1.29 is 23.9 Å². The van der Waals surface area contributed by atoms with Gasteiger partial charge < -0.3 is 14.4 Å². The van der Waals surface area contributed by atoms with Crippen LogP contribution in [0, 0.1) is 0 Å². The monoisotopic (exact) mass is 345 g/mol. The molecule has 6 nitrogen and oxygen atoms in total. The van der Waals surface area contributed by atoms with Crippen LogP contribution < -0.4 is 4.74 Å². The van der Waals surface area contributed by atoms with Gasteiger partial charge in [-0.3, -0.25) is 9.59 Å². The van der Waals surface area contributed by atoms with E-state index in [0.717, 1.165) is 0 Å². The van der Waals surface area contributed by atoms with E-state index in [2.05, 4.69) is 0 Å². The molecule has 2 aliphatic heterocycles. The number of ketones is 1. The molecule has 0 radical (unpaired) electrons. The van der Waals surface area contributed by atoms with Crippen molar-refractivity contribution in [3.63, 3.8) is 0 Å². The molecule has 1 amide bonds. The number of carbonyl (C=O) groups excluding carboxylic acids is 3. The zero-order valence-electron chi connectivity index (χ0n) is 14.6. The van der Waals surface area contributed by atoms with Crippen LogP contribution in [-0.4, -0.2) is 47.4 Å². The first-order valence-electron chi connectivity index (χ1n) is 8.73. The number of rotatable bonds is 3. The van der Waals surface area contributed by atoms with Crippen LogP contribution in [0.2, 0.25) is 0 Å². The molecule has 3 rings (SSSR count). The van der Waals surface area contributed by atoms with Gasteiger partial charge in [0.05, 0.1) is 18.6 Å². The Kier molecular flexibility index (Phi) is 4.79. The molecule has 2 aliphatic rings. The van der Waals surface area contributed by atoms with Gasteiger partial charge in [0.1, 0.15) is 17.4 Å². The number of carbonyl (C=O) groups is 3. The molecular weight excluding hydrogens is 322 g/mol. The second kappa shape index (κ2) is 6.86. The molecule has 1 fully saturated rings. The van der Waals surface area contributed by atoms with Crippen LogP contribution in [-0.2, 0) is 14.3 Å². The van der Waals surface area contributed by atoms with Gasteiger partial charge in [0.25, 0.3) is 0 Å². The molecule has 1 saturated heterocycles. The molecule has 0 bridgehead atoms. The van der Waals surface area contributed by atoms with Crippen molar-refractivity contribution in [1.82, 2.24) is 4.90 Å². The van der Waals surface area contributed by atoms with Gasteiger partial charge in [-0.1, -0.05) is 12.1 Å². The Bertz CT molecular complexity index is 701. The summed E-state index contributed by atoms with van der Waals surface area (Å²) in [5.41, 5.74) is -0.0787. The lowest BCUT2D eigenvalue weighted by Crippen LogP contribution is -2.45. The number of para-hydroxylation sites is 1. The maximum atomic E-state index is 12.5. The van der Waals surface area contributed by atoms with Gasteiger partial charge in [0, 0.05) is 19.4 Å². The Hall–Kier alpha value is -2.37. The lowest BCUT2D eigenvalue weighted by atomic mass is 9.84. The third-order valence-corrected chi connectivity index (χ3v) is 5.02. The average molecular weight is 345 g/mol. The number of ether oxygens (including phenoxy) is 2. The first-order valence-corrected chi connectivity index (χ1v) is 8.73. The van der Waals surface area contributed by atoms with Crippen molar-refractivity contribution >= 4 is 17.7 Å². The third-order valence-electron chi connectivity index (χ3n) is 5.02. The second-order valence-electron chi connectivity index (χ2n) is 6.65. The Morgan fingerprint density at radius 1 is 1.32 bits per heavy atom. The number of esters is 1. The van der Waals surface area contributed by atoms with Crippen molar-refractivity contribution in [2.45, 2.75) is 51.2 Å². The van der Waals surface area contributed by atoms with Gasteiger partial charge in [-0.2, -0.15) is 0 Å². The molecule has 0 aliphatic carbocycles. The minimum atomic E-state index is -0.676. The minimum absolute atomic E-state index is 0.0428. The minimum Gasteiger partial charge on any atom is -0.486 e. The Morgan fingerprint density at radius 2 is 2.08 bits per heavy atom. The summed E-state index contributed by atoms with van der Waals surface area (Å²) in [5, 5.41) is 0. The maximum Gasteiger partial charge on any atom is 0.328 e. The fourth-order valence-corrected chi connectivity index (χ4v) is 3.57. The number of amides is 1. The fraction of sp³-hybridized carbons (Fsp3) is 0.526. The summed E-state index contributed by atoms with van der Waals surface area (Å²) < 4.78 is 11.2. The molecule has 0 N–H and O–H groups in total. The quantitative estimate of drug-likeness (QED) is 0.786. The van der Waals surface area contributed by atoms with Crippen molar-refractivity contribution in [3.05, 3.63) is 29.8 Å². The van der Waals surface area contributed by atoms with E-state index in [1.807, 2.05) is 12.1 Å². The van der Waals surface area contributed by atoms with E-state index >= 15 is 0 Å². The predicted molar refractivity (Wildman–Crippen MR) is 90.4 cm³/mol. The predicted octanol–water partition coefficient (Wildman–Crippen LogP) is 2.35. The molecular formula is C19H23NO5. The van der Waals surface area contributed by atoms with Gasteiger partial charge in [-0.15, -0.1) is 0 Å². The van der Waals surface area contributed by atoms with Crippen LogP contribution >= 0.6 is 0 Å². The second-order valence-corrected chi connectivity index (χ2v) is 6.65. The Morgan fingerprint density at radius 3 is 2.84 bits per heavy atom. The van der Waals surface area contributed by atoms with Gasteiger partial charge in [0.2, 0.25) is 5.91 Å². The smallest absolute Gasteiger partial charge is 0.328 e. The maximum absolute atomic E-state index is 12.5. The van der Waals surface area contributed by atoms with E-state index in [9.17, 15) is 14.4 Å². The van der Waals surface area contributed by atoms with Crippen molar-refractivity contribution in [2.75, 3.05) is 13.2 Å². The number of Topliss-reactive ketones (excluding diaryl/α,β-unsaturated/α-hetero) is 1. The van der Waals surface area contributed by atoms with Crippen molar-refractivity contribution in [1.29, 1.82) is 0 Å². The van der Waals surface area contributed by atoms with Gasteiger partial charge in [-0.05, 0) is 32.4 Å². The molecule has 1 spiro atoms. The van der Waals surface area contributed by atoms with Gasteiger partial charge >= 0.3 is 5.97 Å². The molecule has 1 aromatic rings. The van der Waals surface area contributed by atoms with E-state index < -0.39 is 17.6 Å². The summed E-state index contributed by atoms with van der Waals surface area (Å²) in [6, 6.07) is 6.58. The van der Waals surface area contributed by atoms with Crippen LogP contribution in [0.3, 0.4) is 0 Å². The number of likely N-dealkylation sites (tertiary alicyclic amines) is 1. The molecule has 0 unspecified atom stereocenters. The summed E-state index contributed by atoms with van der Waals surface area (Å²) in [4.78, 5) is 38.5. The standard InChI is InChI=1S/C19H23NO5/c1-3-24-18(23)13(2)20-11-10-19(9-8-17(20)22)12-15(21)14-6-4-5-7-16(14)25-19/h4-7,13H,3,8-12H2,1-2H3/t13-,19+/m1/s1. The summed E-state index contributed by atoms with van der Waals surface area (Å²) in [5.74, 6) is 0.115. The van der Waals surface area contributed by atoms with E-state index in [4.69, 9.17) is 9.47 Å². The van der Waals surface area contributed by atoms with Gasteiger partial charge in [0.15, 0.2) is 5.78 Å². The lowest BCUT2D eigenvalue weighted by molar-refractivity contribution is -0.153. The number of hydrogen-bond donors (Lipinski definition) is 0. The number of fused-ring (bicyclic) bond motifs is 1. The highest BCUT2D eigenvalue weighted by Crippen LogP contribution is 2.39. The summed E-state index contributed by atoms with van der Waals surface area (Å²) in [6.07, 6.45) is 1.50. The molecule has 2 heterocycles. The molecule has 25 heavy (non-hydrogen) atoms. The van der Waals surface area contributed by atoms with E-state index in [-0.39, 0.29) is 31.1 Å². The molecule has 134 valence electrons. The molecule has 1 aromatic carbocycles. The van der Waals surface area contributed by atoms with Crippen LogP contribution in [0.5, 0.6) is 5.75 Å². The highest BCUT2D eigenvalue weighted by Gasteiger charge is 2.44. The fourth-order valence-electron chi connectivity index (χ4n) is 3.57. The number of hydrogen-bond acceptors (Lipinski definition) is 5. The van der Waals surface area contributed by atoms with E-state index in [1.165, 1.54) is 0 Å². The lowest BCUT2D eigenvalue weighted by Gasteiger charge is -2.37. The number of benzene rings is 1. The highest BCUT2D eigenvalue weighted by molar-refractivity contribution is 6.00. The molecule has 0 aromatic heterocycles. The first kappa shape index (κ1) is 17.5. The Labute approximate surface area is 147 Å². The largest absolute Gasteiger partial charge is 0.486 e. The summed E-state index contributed by atoms with van der Waals surface area (Å²) in [7, 11) is 0. The zero-order chi connectivity index (χ0) is 18.0. The van der Waals surface area contributed by atoms with E-state index in [1.54, 1.807) is 30.9 Å². The van der Waals surface area contributed by atoms with Crippen molar-refractivity contribution in [3.8, 4) is 5.75 Å². The zero-order valence-corrected chi connectivity index (χ0v) is 14.6. The Balaban J connectivity index is 1.78. The molecule has 2 atom stereocenters. The normalized spacial score (nSPS) is 24.3. The summed E-state index contributed by atoms with van der Waals surface area (Å²) >= 11 is 0.